The predicted molar refractivity (Wildman–Crippen MR) is 116 cm³/mol. The number of carbonyl (C=O) groups is 2. The molecule has 1 aliphatic rings. The maximum Gasteiger partial charge on any atom is 0.255 e. The minimum absolute atomic E-state index is 0.0404. The largest absolute Gasteiger partial charge is 0.497 e. The lowest BCUT2D eigenvalue weighted by Crippen LogP contribution is -2.27. The van der Waals surface area contributed by atoms with Gasteiger partial charge in [-0.3, -0.25) is 14.5 Å². The SMILES string of the molecule is COc1ccc(N2C(=O)CSC2c2ccc(NC(=O)c3cccc(F)c3)cc2)cc1. The molecule has 1 fully saturated rings. The smallest absolute Gasteiger partial charge is 0.255 e. The van der Waals surface area contributed by atoms with Crippen molar-refractivity contribution in [3.63, 3.8) is 0 Å². The second-order valence-corrected chi connectivity index (χ2v) is 7.78. The van der Waals surface area contributed by atoms with Crippen molar-refractivity contribution < 1.29 is 18.7 Å². The number of benzene rings is 3. The summed E-state index contributed by atoms with van der Waals surface area (Å²) in [5.74, 6) is 0.327. The van der Waals surface area contributed by atoms with Gasteiger partial charge >= 0.3 is 0 Å². The molecular formula is C23H19FN2O3S. The van der Waals surface area contributed by atoms with Crippen LogP contribution in [0, 0.1) is 5.82 Å². The molecule has 1 aliphatic heterocycles. The first-order valence-corrected chi connectivity index (χ1v) is 10.3. The average molecular weight is 422 g/mol. The molecule has 1 atom stereocenters. The highest BCUT2D eigenvalue weighted by Gasteiger charge is 2.34. The van der Waals surface area contributed by atoms with Gasteiger partial charge in [0.05, 0.1) is 12.9 Å². The van der Waals surface area contributed by atoms with Gasteiger partial charge in [-0.25, -0.2) is 4.39 Å². The Kier molecular flexibility index (Phi) is 5.72. The standard InChI is InChI=1S/C23H19FN2O3S/c1-29-20-11-9-19(10-12-20)26-21(27)14-30-23(26)15-5-7-18(8-6-15)25-22(28)16-3-2-4-17(24)13-16/h2-13,23H,14H2,1H3,(H,25,28). The highest BCUT2D eigenvalue weighted by molar-refractivity contribution is 8.00. The van der Waals surface area contributed by atoms with Crippen molar-refractivity contribution in [2.75, 3.05) is 23.1 Å². The van der Waals surface area contributed by atoms with Gasteiger partial charge in [0.1, 0.15) is 16.9 Å². The second-order valence-electron chi connectivity index (χ2n) is 6.71. The first kappa shape index (κ1) is 20.0. The molecule has 1 unspecified atom stereocenters. The molecule has 7 heteroatoms. The van der Waals surface area contributed by atoms with Crippen LogP contribution in [0.25, 0.3) is 0 Å². The van der Waals surface area contributed by atoms with Crippen molar-refractivity contribution in [2.45, 2.75) is 5.37 Å². The number of thioether (sulfide) groups is 1. The molecule has 1 saturated heterocycles. The zero-order chi connectivity index (χ0) is 21.1. The van der Waals surface area contributed by atoms with E-state index in [4.69, 9.17) is 4.74 Å². The molecule has 30 heavy (non-hydrogen) atoms. The summed E-state index contributed by atoms with van der Waals surface area (Å²) >= 11 is 1.55. The van der Waals surface area contributed by atoms with Gasteiger partial charge < -0.3 is 10.1 Å². The Morgan fingerprint density at radius 1 is 1.10 bits per heavy atom. The number of amides is 2. The van der Waals surface area contributed by atoms with Gasteiger partial charge in [0.2, 0.25) is 5.91 Å². The van der Waals surface area contributed by atoms with Crippen LogP contribution in [0.15, 0.2) is 72.8 Å². The number of anilines is 2. The molecule has 2 amide bonds. The van der Waals surface area contributed by atoms with Gasteiger partial charge in [-0.2, -0.15) is 0 Å². The van der Waals surface area contributed by atoms with Crippen LogP contribution in [-0.2, 0) is 4.79 Å². The van der Waals surface area contributed by atoms with Gasteiger partial charge in [-0.15, -0.1) is 11.8 Å². The summed E-state index contributed by atoms with van der Waals surface area (Å²) in [6.45, 7) is 0. The number of halogens is 1. The quantitative estimate of drug-likeness (QED) is 0.638. The van der Waals surface area contributed by atoms with E-state index in [0.717, 1.165) is 17.0 Å². The van der Waals surface area contributed by atoms with Crippen molar-refractivity contribution in [3.05, 3.63) is 89.7 Å². The number of nitrogens with zero attached hydrogens (tertiary/aromatic N) is 1. The second kappa shape index (κ2) is 8.59. The highest BCUT2D eigenvalue weighted by atomic mass is 32.2. The maximum absolute atomic E-state index is 13.3. The Bertz CT molecular complexity index is 1070. The third-order valence-corrected chi connectivity index (χ3v) is 5.97. The molecule has 0 aromatic heterocycles. The lowest BCUT2D eigenvalue weighted by molar-refractivity contribution is -0.115. The lowest BCUT2D eigenvalue weighted by Gasteiger charge is -2.24. The van der Waals surface area contributed by atoms with Crippen LogP contribution in [0.1, 0.15) is 21.3 Å². The minimum Gasteiger partial charge on any atom is -0.497 e. The van der Waals surface area contributed by atoms with Crippen molar-refractivity contribution >= 4 is 35.0 Å². The fourth-order valence-electron chi connectivity index (χ4n) is 3.26. The molecule has 0 spiro atoms. The molecule has 0 aliphatic carbocycles. The Labute approximate surface area is 177 Å². The van der Waals surface area contributed by atoms with Crippen LogP contribution < -0.4 is 15.0 Å². The monoisotopic (exact) mass is 422 g/mol. The third kappa shape index (κ3) is 4.16. The molecule has 5 nitrogen and oxygen atoms in total. The van der Waals surface area contributed by atoms with Crippen molar-refractivity contribution in [2.24, 2.45) is 0 Å². The Morgan fingerprint density at radius 2 is 1.83 bits per heavy atom. The molecule has 152 valence electrons. The van der Waals surface area contributed by atoms with Gasteiger partial charge in [-0.05, 0) is 60.2 Å². The molecule has 1 heterocycles. The summed E-state index contributed by atoms with van der Waals surface area (Å²) in [5.41, 5.74) is 2.60. The number of nitrogens with one attached hydrogen (secondary N) is 1. The Balaban J connectivity index is 1.51. The summed E-state index contributed by atoms with van der Waals surface area (Å²) in [5, 5.41) is 2.61. The maximum atomic E-state index is 13.3. The molecule has 3 aromatic rings. The van der Waals surface area contributed by atoms with E-state index in [0.29, 0.717) is 11.4 Å². The first-order chi connectivity index (χ1) is 14.5. The molecule has 0 bridgehead atoms. The summed E-state index contributed by atoms with van der Waals surface area (Å²) in [4.78, 5) is 26.6. The van der Waals surface area contributed by atoms with Crippen LogP contribution in [0.5, 0.6) is 5.75 Å². The highest BCUT2D eigenvalue weighted by Crippen LogP contribution is 2.42. The number of rotatable bonds is 5. The Hall–Kier alpha value is -3.32. The van der Waals surface area contributed by atoms with Crippen molar-refractivity contribution in [3.8, 4) is 5.75 Å². The number of methoxy groups -OCH3 is 1. The minimum atomic E-state index is -0.459. The normalized spacial score (nSPS) is 15.9. The molecule has 0 saturated carbocycles. The van der Waals surface area contributed by atoms with E-state index in [1.54, 1.807) is 42.0 Å². The summed E-state index contributed by atoms with van der Waals surface area (Å²) in [6.07, 6.45) is 0. The van der Waals surface area contributed by atoms with E-state index in [1.807, 2.05) is 36.4 Å². The molecule has 4 rings (SSSR count). The van der Waals surface area contributed by atoms with Crippen molar-refractivity contribution in [1.29, 1.82) is 0 Å². The van der Waals surface area contributed by atoms with E-state index in [-0.39, 0.29) is 22.8 Å². The van der Waals surface area contributed by atoms with Crippen LogP contribution in [-0.4, -0.2) is 24.7 Å². The summed E-state index contributed by atoms with van der Waals surface area (Å²) in [7, 11) is 1.60. The van der Waals surface area contributed by atoms with E-state index < -0.39 is 5.82 Å². The molecule has 3 aromatic carbocycles. The number of carbonyl (C=O) groups excluding carboxylic acids is 2. The number of hydrogen-bond donors (Lipinski definition) is 1. The van der Waals surface area contributed by atoms with E-state index >= 15 is 0 Å². The van der Waals surface area contributed by atoms with Crippen LogP contribution in [0.4, 0.5) is 15.8 Å². The predicted octanol–water partition coefficient (Wildman–Crippen LogP) is 4.87. The fourth-order valence-corrected chi connectivity index (χ4v) is 4.43. The van der Waals surface area contributed by atoms with Crippen LogP contribution in [0.3, 0.4) is 0 Å². The molecule has 1 N–H and O–H groups in total. The Morgan fingerprint density at radius 3 is 2.50 bits per heavy atom. The number of hydrogen-bond acceptors (Lipinski definition) is 4. The van der Waals surface area contributed by atoms with E-state index in [9.17, 15) is 14.0 Å². The zero-order valence-electron chi connectivity index (χ0n) is 16.2. The number of ether oxygens (including phenoxy) is 1. The van der Waals surface area contributed by atoms with E-state index in [2.05, 4.69) is 5.32 Å². The average Bonchev–Trinajstić information content (AvgIpc) is 3.15. The molecule has 0 radical (unpaired) electrons. The fraction of sp³-hybridized carbons (Fsp3) is 0.130. The first-order valence-electron chi connectivity index (χ1n) is 9.30. The van der Waals surface area contributed by atoms with Gasteiger partial charge in [-0.1, -0.05) is 18.2 Å². The van der Waals surface area contributed by atoms with Crippen LogP contribution >= 0.6 is 11.8 Å². The van der Waals surface area contributed by atoms with Gasteiger partial charge in [0.25, 0.3) is 5.91 Å². The lowest BCUT2D eigenvalue weighted by atomic mass is 10.1. The topological polar surface area (TPSA) is 58.6 Å². The molecular weight excluding hydrogens is 403 g/mol. The van der Waals surface area contributed by atoms with Crippen LogP contribution in [0.2, 0.25) is 0 Å². The third-order valence-electron chi connectivity index (χ3n) is 4.76. The van der Waals surface area contributed by atoms with E-state index in [1.165, 1.54) is 18.2 Å². The van der Waals surface area contributed by atoms with Gasteiger partial charge in [0.15, 0.2) is 0 Å². The summed E-state index contributed by atoms with van der Waals surface area (Å²) < 4.78 is 18.5. The zero-order valence-corrected chi connectivity index (χ0v) is 17.0. The van der Waals surface area contributed by atoms with Crippen molar-refractivity contribution in [1.82, 2.24) is 0 Å². The van der Waals surface area contributed by atoms with Gasteiger partial charge in [0, 0.05) is 16.9 Å². The summed E-state index contributed by atoms with van der Waals surface area (Å²) in [6, 6.07) is 20.2.